The van der Waals surface area contributed by atoms with Gasteiger partial charge in [-0.15, -0.1) is 0 Å². The van der Waals surface area contributed by atoms with Crippen molar-refractivity contribution in [1.82, 2.24) is 4.90 Å². The van der Waals surface area contributed by atoms with E-state index in [1.165, 1.54) is 4.90 Å². The molecule has 3 nitrogen and oxygen atoms in total. The van der Waals surface area contributed by atoms with Gasteiger partial charge in [0.1, 0.15) is 5.60 Å². The van der Waals surface area contributed by atoms with E-state index in [1.807, 2.05) is 6.92 Å². The Morgan fingerprint density at radius 3 is 1.71 bits per heavy atom. The summed E-state index contributed by atoms with van der Waals surface area (Å²) >= 11 is 0. The molecular weight excluding hydrogens is 178 g/mol. The van der Waals surface area contributed by atoms with Crippen molar-refractivity contribution >= 4 is 6.09 Å². The van der Waals surface area contributed by atoms with E-state index in [0.717, 1.165) is 0 Å². The van der Waals surface area contributed by atoms with E-state index in [0.29, 0.717) is 11.8 Å². The monoisotopic (exact) mass is 201 g/mol. The van der Waals surface area contributed by atoms with Crippen molar-refractivity contribution in [2.45, 2.75) is 40.2 Å². The van der Waals surface area contributed by atoms with Gasteiger partial charge in [0, 0.05) is 14.1 Å². The largest absolute Gasteiger partial charge is 0.443 e. The van der Waals surface area contributed by atoms with E-state index in [4.69, 9.17) is 4.74 Å². The molecule has 3 heteroatoms. The highest BCUT2D eigenvalue weighted by Gasteiger charge is 2.36. The van der Waals surface area contributed by atoms with Crippen molar-refractivity contribution < 1.29 is 9.53 Å². The standard InChI is InChI=1S/C11H23NO2/c1-8(2)11(5,9(3)4)14-10(13)12(6)7/h8-9H,1-7H3. The number of ether oxygens (including phenoxy) is 1. The Labute approximate surface area is 87.4 Å². The summed E-state index contributed by atoms with van der Waals surface area (Å²) < 4.78 is 5.51. The molecule has 0 heterocycles. The molecule has 0 saturated carbocycles. The lowest BCUT2D eigenvalue weighted by Crippen LogP contribution is -2.44. The highest BCUT2D eigenvalue weighted by atomic mass is 16.6. The van der Waals surface area contributed by atoms with Gasteiger partial charge in [-0.05, 0) is 18.8 Å². The quantitative estimate of drug-likeness (QED) is 0.702. The average Bonchev–Trinajstić information content (AvgIpc) is 2.02. The van der Waals surface area contributed by atoms with E-state index in [1.54, 1.807) is 14.1 Å². The van der Waals surface area contributed by atoms with Gasteiger partial charge in [0.15, 0.2) is 0 Å². The first-order valence-electron chi connectivity index (χ1n) is 5.12. The molecule has 0 spiro atoms. The van der Waals surface area contributed by atoms with Crippen molar-refractivity contribution in [1.29, 1.82) is 0 Å². The molecule has 0 N–H and O–H groups in total. The molecule has 1 amide bonds. The minimum Gasteiger partial charge on any atom is -0.443 e. The predicted octanol–water partition coefficient (Wildman–Crippen LogP) is 2.76. The highest BCUT2D eigenvalue weighted by Crippen LogP contribution is 2.30. The highest BCUT2D eigenvalue weighted by molar-refractivity contribution is 5.67. The van der Waals surface area contributed by atoms with Crippen molar-refractivity contribution in [2.75, 3.05) is 14.1 Å². The van der Waals surface area contributed by atoms with Gasteiger partial charge in [-0.2, -0.15) is 0 Å². The van der Waals surface area contributed by atoms with Crippen LogP contribution in [0.4, 0.5) is 4.79 Å². The molecule has 0 aromatic rings. The lowest BCUT2D eigenvalue weighted by atomic mass is 9.82. The smallest absolute Gasteiger partial charge is 0.409 e. The Kier molecular flexibility index (Phi) is 4.43. The second-order valence-electron chi connectivity index (χ2n) is 4.76. The summed E-state index contributed by atoms with van der Waals surface area (Å²) in [5.41, 5.74) is -0.388. The molecule has 0 unspecified atom stereocenters. The van der Waals surface area contributed by atoms with Crippen LogP contribution in [0.15, 0.2) is 0 Å². The van der Waals surface area contributed by atoms with Crippen LogP contribution in [-0.2, 0) is 4.74 Å². The summed E-state index contributed by atoms with van der Waals surface area (Å²) in [6, 6.07) is 0. The molecule has 0 aromatic heterocycles. The molecule has 0 bridgehead atoms. The third-order valence-corrected chi connectivity index (χ3v) is 2.97. The second kappa shape index (κ2) is 4.67. The number of carbonyl (C=O) groups excluding carboxylic acids is 1. The van der Waals surface area contributed by atoms with Crippen LogP contribution in [-0.4, -0.2) is 30.7 Å². The van der Waals surface area contributed by atoms with Gasteiger partial charge in [-0.3, -0.25) is 0 Å². The zero-order chi connectivity index (χ0) is 11.5. The fourth-order valence-corrected chi connectivity index (χ4v) is 1.18. The fourth-order valence-electron chi connectivity index (χ4n) is 1.18. The summed E-state index contributed by atoms with van der Waals surface area (Å²) in [5, 5.41) is 0. The lowest BCUT2D eigenvalue weighted by molar-refractivity contribution is -0.0542. The van der Waals surface area contributed by atoms with Gasteiger partial charge >= 0.3 is 6.09 Å². The molecule has 0 aliphatic carbocycles. The third-order valence-electron chi connectivity index (χ3n) is 2.97. The Morgan fingerprint density at radius 2 is 1.50 bits per heavy atom. The number of hydrogen-bond acceptors (Lipinski definition) is 2. The van der Waals surface area contributed by atoms with Crippen molar-refractivity contribution in [3.05, 3.63) is 0 Å². The SMILES string of the molecule is CC(C)C(C)(OC(=O)N(C)C)C(C)C. The van der Waals surface area contributed by atoms with Gasteiger partial charge in [0.25, 0.3) is 0 Å². The first-order chi connectivity index (χ1) is 6.21. The summed E-state index contributed by atoms with van der Waals surface area (Å²) in [6.07, 6.45) is -0.269. The van der Waals surface area contributed by atoms with Gasteiger partial charge in [0.05, 0.1) is 0 Å². The Morgan fingerprint density at radius 1 is 1.14 bits per heavy atom. The Balaban J connectivity index is 4.62. The third kappa shape index (κ3) is 2.89. The maximum Gasteiger partial charge on any atom is 0.409 e. The molecule has 0 aliphatic rings. The zero-order valence-corrected chi connectivity index (χ0v) is 10.4. The number of hydrogen-bond donors (Lipinski definition) is 0. The average molecular weight is 201 g/mol. The van der Waals surface area contributed by atoms with Crippen LogP contribution < -0.4 is 0 Å². The lowest BCUT2D eigenvalue weighted by Gasteiger charge is -2.37. The fraction of sp³-hybridized carbons (Fsp3) is 0.909. The van der Waals surface area contributed by atoms with Gasteiger partial charge in [0.2, 0.25) is 0 Å². The minimum absolute atomic E-state index is 0.269. The Bertz CT molecular complexity index is 189. The van der Waals surface area contributed by atoms with Crippen molar-refractivity contribution in [3.63, 3.8) is 0 Å². The van der Waals surface area contributed by atoms with Crippen molar-refractivity contribution in [3.8, 4) is 0 Å². The maximum absolute atomic E-state index is 11.5. The van der Waals surface area contributed by atoms with Crippen LogP contribution in [0.25, 0.3) is 0 Å². The first-order valence-corrected chi connectivity index (χ1v) is 5.12. The molecule has 14 heavy (non-hydrogen) atoms. The molecule has 0 fully saturated rings. The van der Waals surface area contributed by atoms with Crippen LogP contribution in [0.3, 0.4) is 0 Å². The summed E-state index contributed by atoms with van der Waals surface area (Å²) in [7, 11) is 3.40. The number of carbonyl (C=O) groups is 1. The number of amides is 1. The van der Waals surface area contributed by atoms with E-state index < -0.39 is 0 Å². The van der Waals surface area contributed by atoms with Crippen LogP contribution in [0.2, 0.25) is 0 Å². The van der Waals surface area contributed by atoms with Crippen LogP contribution in [0.5, 0.6) is 0 Å². The summed E-state index contributed by atoms with van der Waals surface area (Å²) in [5.74, 6) is 0.623. The molecule has 0 rings (SSSR count). The van der Waals surface area contributed by atoms with Crippen molar-refractivity contribution in [2.24, 2.45) is 11.8 Å². The van der Waals surface area contributed by atoms with Crippen LogP contribution in [0, 0.1) is 11.8 Å². The second-order valence-corrected chi connectivity index (χ2v) is 4.76. The minimum atomic E-state index is -0.388. The number of rotatable bonds is 3. The number of nitrogens with zero attached hydrogens (tertiary/aromatic N) is 1. The first kappa shape index (κ1) is 13.3. The topological polar surface area (TPSA) is 29.5 Å². The van der Waals surface area contributed by atoms with Crippen LogP contribution >= 0.6 is 0 Å². The van der Waals surface area contributed by atoms with Crippen LogP contribution in [0.1, 0.15) is 34.6 Å². The molecule has 0 aliphatic heterocycles. The van der Waals surface area contributed by atoms with E-state index >= 15 is 0 Å². The van der Waals surface area contributed by atoms with Gasteiger partial charge in [-0.1, -0.05) is 27.7 Å². The van der Waals surface area contributed by atoms with Gasteiger partial charge < -0.3 is 9.64 Å². The zero-order valence-electron chi connectivity index (χ0n) is 10.4. The normalized spacial score (nSPS) is 12.1. The van der Waals surface area contributed by atoms with E-state index in [-0.39, 0.29) is 11.7 Å². The molecule has 0 radical (unpaired) electrons. The van der Waals surface area contributed by atoms with E-state index in [9.17, 15) is 4.79 Å². The molecular formula is C11H23NO2. The molecule has 0 atom stereocenters. The van der Waals surface area contributed by atoms with E-state index in [2.05, 4.69) is 27.7 Å². The predicted molar refractivity (Wildman–Crippen MR) is 58.2 cm³/mol. The molecule has 0 saturated heterocycles. The maximum atomic E-state index is 11.5. The Hall–Kier alpha value is -0.730. The molecule has 84 valence electrons. The van der Waals surface area contributed by atoms with Gasteiger partial charge in [-0.25, -0.2) is 4.79 Å². The molecule has 0 aromatic carbocycles. The summed E-state index contributed by atoms with van der Waals surface area (Å²) in [4.78, 5) is 12.9. The summed E-state index contributed by atoms with van der Waals surface area (Å²) in [6.45, 7) is 10.3.